The van der Waals surface area contributed by atoms with Crippen molar-refractivity contribution in [3.8, 4) is 0 Å². The third-order valence-corrected chi connectivity index (χ3v) is 4.32. The Hall–Kier alpha value is -1.12. The maximum Gasteiger partial charge on any atom is 0.0830 e. The van der Waals surface area contributed by atoms with Gasteiger partial charge < -0.3 is 5.11 Å². The molecule has 0 radical (unpaired) electrons. The summed E-state index contributed by atoms with van der Waals surface area (Å²) in [4.78, 5) is 0. The van der Waals surface area contributed by atoms with Gasteiger partial charge in [-0.25, -0.2) is 0 Å². The van der Waals surface area contributed by atoms with E-state index in [1.807, 2.05) is 24.3 Å². The van der Waals surface area contributed by atoms with Gasteiger partial charge >= 0.3 is 0 Å². The van der Waals surface area contributed by atoms with Crippen molar-refractivity contribution in [1.82, 2.24) is 0 Å². The van der Waals surface area contributed by atoms with Gasteiger partial charge in [0.1, 0.15) is 0 Å². The maximum absolute atomic E-state index is 10.3. The molecule has 1 nitrogen and oxygen atoms in total. The fourth-order valence-electron chi connectivity index (χ4n) is 2.81. The molecule has 2 aromatic rings. The first-order valence-corrected chi connectivity index (χ1v) is 7.56. The van der Waals surface area contributed by atoms with Gasteiger partial charge in [0.25, 0.3) is 0 Å². The lowest BCUT2D eigenvalue weighted by atomic mass is 9.98. The third kappa shape index (κ3) is 2.90. The molecule has 2 aromatic carbocycles. The van der Waals surface area contributed by atoms with Gasteiger partial charge in [-0.15, -0.1) is 0 Å². The second-order valence-corrected chi connectivity index (χ2v) is 6.15. The zero-order valence-electron chi connectivity index (χ0n) is 10.8. The lowest BCUT2D eigenvalue weighted by molar-refractivity contribution is 0.178. The molecule has 0 saturated carbocycles. The van der Waals surface area contributed by atoms with Gasteiger partial charge in [0.2, 0.25) is 0 Å². The Morgan fingerprint density at radius 2 is 1.89 bits per heavy atom. The lowest BCUT2D eigenvalue weighted by Gasteiger charge is -2.12. The molecule has 1 aliphatic rings. The number of aliphatic hydroxyl groups is 1. The summed E-state index contributed by atoms with van der Waals surface area (Å²) < 4.78 is 1.01. The van der Waals surface area contributed by atoms with Crippen molar-refractivity contribution >= 4 is 15.9 Å². The van der Waals surface area contributed by atoms with Crippen molar-refractivity contribution in [3.63, 3.8) is 0 Å². The van der Waals surface area contributed by atoms with E-state index in [1.165, 1.54) is 36.0 Å². The molecule has 0 bridgehead atoms. The van der Waals surface area contributed by atoms with E-state index >= 15 is 0 Å². The Morgan fingerprint density at radius 3 is 2.74 bits per heavy atom. The third-order valence-electron chi connectivity index (χ3n) is 3.83. The summed E-state index contributed by atoms with van der Waals surface area (Å²) in [6.07, 6.45) is 3.92. The van der Waals surface area contributed by atoms with Gasteiger partial charge in [-0.2, -0.15) is 0 Å². The molecular weight excluding hydrogens is 300 g/mol. The van der Waals surface area contributed by atoms with E-state index in [2.05, 4.69) is 34.1 Å². The summed E-state index contributed by atoms with van der Waals surface area (Å²) >= 11 is 3.45. The van der Waals surface area contributed by atoms with Crippen LogP contribution in [-0.4, -0.2) is 5.11 Å². The highest BCUT2D eigenvalue weighted by atomic mass is 79.9. The van der Waals surface area contributed by atoms with Gasteiger partial charge in [0.05, 0.1) is 6.10 Å². The van der Waals surface area contributed by atoms with Crippen LogP contribution in [0.1, 0.15) is 34.8 Å². The SMILES string of the molecule is OC(Cc1ccc2c(c1)CCC2)c1cccc(Br)c1. The van der Waals surface area contributed by atoms with Gasteiger partial charge in [0.15, 0.2) is 0 Å². The second kappa shape index (κ2) is 5.48. The summed E-state index contributed by atoms with van der Waals surface area (Å²) in [5, 5.41) is 10.3. The summed E-state index contributed by atoms with van der Waals surface area (Å²) in [7, 11) is 0. The molecule has 1 unspecified atom stereocenters. The molecule has 0 amide bonds. The van der Waals surface area contributed by atoms with Crippen LogP contribution in [0.5, 0.6) is 0 Å². The fourth-order valence-corrected chi connectivity index (χ4v) is 3.22. The smallest absolute Gasteiger partial charge is 0.0830 e. The first-order valence-electron chi connectivity index (χ1n) is 6.76. The highest BCUT2D eigenvalue weighted by Gasteiger charge is 2.13. The van der Waals surface area contributed by atoms with Crippen molar-refractivity contribution in [2.45, 2.75) is 31.8 Å². The van der Waals surface area contributed by atoms with Crippen molar-refractivity contribution in [2.75, 3.05) is 0 Å². The fraction of sp³-hybridized carbons (Fsp3) is 0.294. The minimum Gasteiger partial charge on any atom is -0.388 e. The molecule has 2 heteroatoms. The molecule has 1 aliphatic carbocycles. The number of hydrogen-bond acceptors (Lipinski definition) is 1. The van der Waals surface area contributed by atoms with E-state index in [-0.39, 0.29) is 0 Å². The van der Waals surface area contributed by atoms with Crippen LogP contribution in [0.2, 0.25) is 0 Å². The molecule has 0 spiro atoms. The normalized spacial score (nSPS) is 15.3. The molecule has 1 N–H and O–H groups in total. The van der Waals surface area contributed by atoms with E-state index in [4.69, 9.17) is 0 Å². The van der Waals surface area contributed by atoms with Gasteiger partial charge in [-0.3, -0.25) is 0 Å². The van der Waals surface area contributed by atoms with Crippen molar-refractivity contribution < 1.29 is 5.11 Å². The van der Waals surface area contributed by atoms with Gasteiger partial charge in [0, 0.05) is 10.9 Å². The Bertz CT molecular complexity index is 592. The average molecular weight is 317 g/mol. The molecule has 98 valence electrons. The minimum absolute atomic E-state index is 0.433. The maximum atomic E-state index is 10.3. The molecule has 1 atom stereocenters. The zero-order valence-corrected chi connectivity index (χ0v) is 12.4. The highest BCUT2D eigenvalue weighted by Crippen LogP contribution is 2.26. The minimum atomic E-state index is -0.433. The summed E-state index contributed by atoms with van der Waals surface area (Å²) in [6, 6.07) is 14.6. The molecule has 0 aromatic heterocycles. The Balaban J connectivity index is 1.77. The molecule has 0 fully saturated rings. The lowest BCUT2D eigenvalue weighted by Crippen LogP contribution is -2.02. The van der Waals surface area contributed by atoms with Crippen LogP contribution in [0.15, 0.2) is 46.9 Å². The predicted octanol–water partition coefficient (Wildman–Crippen LogP) is 4.21. The summed E-state index contributed by atoms with van der Waals surface area (Å²) in [5.41, 5.74) is 5.16. The number of aryl methyl sites for hydroxylation is 2. The number of hydrogen-bond donors (Lipinski definition) is 1. The van der Waals surface area contributed by atoms with Crippen LogP contribution in [0.25, 0.3) is 0 Å². The Morgan fingerprint density at radius 1 is 1.05 bits per heavy atom. The van der Waals surface area contributed by atoms with Crippen molar-refractivity contribution in [1.29, 1.82) is 0 Å². The van der Waals surface area contributed by atoms with Crippen LogP contribution >= 0.6 is 15.9 Å². The number of halogens is 1. The first-order chi connectivity index (χ1) is 9.22. The number of rotatable bonds is 3. The Labute approximate surface area is 122 Å². The largest absolute Gasteiger partial charge is 0.388 e. The van der Waals surface area contributed by atoms with Crippen LogP contribution < -0.4 is 0 Å². The Kier molecular flexibility index (Phi) is 3.72. The number of fused-ring (bicyclic) bond motifs is 1. The zero-order chi connectivity index (χ0) is 13.2. The second-order valence-electron chi connectivity index (χ2n) is 5.23. The van der Waals surface area contributed by atoms with Crippen LogP contribution in [0, 0.1) is 0 Å². The van der Waals surface area contributed by atoms with Crippen molar-refractivity contribution in [3.05, 3.63) is 69.2 Å². The van der Waals surface area contributed by atoms with E-state index < -0.39 is 6.10 Å². The molecule has 0 saturated heterocycles. The van der Waals surface area contributed by atoms with Gasteiger partial charge in [-0.1, -0.05) is 46.3 Å². The standard InChI is InChI=1S/C17H17BrO/c18-16-6-2-5-15(11-16)17(19)10-12-7-8-13-3-1-4-14(13)9-12/h2,5-9,11,17,19H,1,3-4,10H2. The van der Waals surface area contributed by atoms with Crippen molar-refractivity contribution in [2.24, 2.45) is 0 Å². The van der Waals surface area contributed by atoms with Gasteiger partial charge in [-0.05, 0) is 53.6 Å². The molecule has 19 heavy (non-hydrogen) atoms. The predicted molar refractivity (Wildman–Crippen MR) is 81.3 cm³/mol. The van der Waals surface area contributed by atoms with Crippen LogP contribution in [0.4, 0.5) is 0 Å². The topological polar surface area (TPSA) is 20.2 Å². The first kappa shape index (κ1) is 12.9. The van der Waals surface area contributed by atoms with E-state index in [1.54, 1.807) is 0 Å². The molecular formula is C17H17BrO. The summed E-state index contributed by atoms with van der Waals surface area (Å²) in [5.74, 6) is 0. The van der Waals surface area contributed by atoms with E-state index in [0.29, 0.717) is 6.42 Å². The average Bonchev–Trinajstić information content (AvgIpc) is 2.86. The molecule has 3 rings (SSSR count). The van der Waals surface area contributed by atoms with Crippen LogP contribution in [-0.2, 0) is 19.3 Å². The van der Waals surface area contributed by atoms with E-state index in [0.717, 1.165) is 10.0 Å². The number of aliphatic hydroxyl groups excluding tert-OH is 1. The van der Waals surface area contributed by atoms with Crippen LogP contribution in [0.3, 0.4) is 0 Å². The quantitative estimate of drug-likeness (QED) is 0.899. The number of benzene rings is 2. The monoisotopic (exact) mass is 316 g/mol. The molecule has 0 heterocycles. The summed E-state index contributed by atoms with van der Waals surface area (Å²) in [6.45, 7) is 0. The molecule has 0 aliphatic heterocycles. The highest BCUT2D eigenvalue weighted by molar-refractivity contribution is 9.10. The van der Waals surface area contributed by atoms with E-state index in [9.17, 15) is 5.11 Å².